The lowest BCUT2D eigenvalue weighted by Gasteiger charge is -2.13. The van der Waals surface area contributed by atoms with Crippen LogP contribution in [0.5, 0.6) is 0 Å². The van der Waals surface area contributed by atoms with Crippen molar-refractivity contribution >= 4 is 23.2 Å². The third kappa shape index (κ3) is 7.38. The van der Waals surface area contributed by atoms with E-state index in [9.17, 15) is 9.59 Å². The second-order valence-electron chi connectivity index (χ2n) is 7.23. The molecule has 0 aliphatic carbocycles. The van der Waals surface area contributed by atoms with Crippen molar-refractivity contribution in [3.05, 3.63) is 78.6 Å². The zero-order valence-electron chi connectivity index (χ0n) is 17.7. The predicted molar refractivity (Wildman–Crippen MR) is 121 cm³/mol. The number of carbonyl (C=O) groups excluding carboxylic acids is 2. The summed E-state index contributed by atoms with van der Waals surface area (Å²) in [6, 6.07) is 18.6. The van der Waals surface area contributed by atoms with E-state index in [1.165, 1.54) is 5.56 Å². The van der Waals surface area contributed by atoms with Gasteiger partial charge in [0.2, 0.25) is 11.8 Å². The van der Waals surface area contributed by atoms with Gasteiger partial charge in [0, 0.05) is 36.8 Å². The maximum absolute atomic E-state index is 12.4. The van der Waals surface area contributed by atoms with Crippen LogP contribution in [0, 0.1) is 0 Å². The van der Waals surface area contributed by atoms with Crippen molar-refractivity contribution in [2.24, 2.45) is 0 Å². The minimum absolute atomic E-state index is 0.0833. The van der Waals surface area contributed by atoms with Crippen molar-refractivity contribution in [3.8, 4) is 0 Å². The molecule has 1 aromatic heterocycles. The van der Waals surface area contributed by atoms with Gasteiger partial charge in [-0.15, -0.1) is 0 Å². The molecule has 0 saturated carbocycles. The molecule has 0 radical (unpaired) electrons. The molecule has 0 bridgehead atoms. The molecule has 2 aromatic carbocycles. The average Bonchev–Trinajstić information content (AvgIpc) is 3.31. The van der Waals surface area contributed by atoms with Crippen molar-refractivity contribution in [2.75, 3.05) is 23.8 Å². The van der Waals surface area contributed by atoms with Gasteiger partial charge >= 0.3 is 0 Å². The summed E-state index contributed by atoms with van der Waals surface area (Å²) in [5.41, 5.74) is 2.50. The molecule has 31 heavy (non-hydrogen) atoms. The molecule has 3 aromatic rings. The molecule has 1 atom stereocenters. The number of aromatic nitrogens is 2. The van der Waals surface area contributed by atoms with Crippen LogP contribution >= 0.6 is 0 Å². The largest absolute Gasteiger partial charge is 0.381 e. The van der Waals surface area contributed by atoms with Gasteiger partial charge in [0.05, 0.1) is 6.61 Å². The molecule has 0 aliphatic rings. The number of anilines is 2. The molecule has 0 aliphatic heterocycles. The molecule has 2 amide bonds. The van der Waals surface area contributed by atoms with Gasteiger partial charge in [0.25, 0.3) is 0 Å². The normalized spacial score (nSPS) is 11.6. The Kier molecular flexibility index (Phi) is 8.37. The lowest BCUT2D eigenvalue weighted by Crippen LogP contribution is -2.24. The highest BCUT2D eigenvalue weighted by atomic mass is 16.5. The van der Waals surface area contributed by atoms with Crippen molar-refractivity contribution in [3.63, 3.8) is 0 Å². The Morgan fingerprint density at radius 3 is 2.52 bits per heavy atom. The predicted octanol–water partition coefficient (Wildman–Crippen LogP) is 4.06. The maximum Gasteiger partial charge on any atom is 0.248 e. The third-order valence-electron chi connectivity index (χ3n) is 4.79. The summed E-state index contributed by atoms with van der Waals surface area (Å²) in [6.45, 7) is 2.96. The number of carbonyl (C=O) groups is 2. The van der Waals surface area contributed by atoms with Crippen LogP contribution in [-0.2, 0) is 20.7 Å². The Balaban J connectivity index is 1.36. The second-order valence-corrected chi connectivity index (χ2v) is 7.23. The van der Waals surface area contributed by atoms with Crippen LogP contribution in [0.15, 0.2) is 73.1 Å². The SMILES string of the molecule is C[C@H](C(=O)Nc1cccc(NC(=O)CCCOCCc2ccccc2)c1)n1cccn1. The van der Waals surface area contributed by atoms with E-state index in [-0.39, 0.29) is 11.8 Å². The molecule has 2 N–H and O–H groups in total. The van der Waals surface area contributed by atoms with Crippen LogP contribution in [0.4, 0.5) is 11.4 Å². The molecular weight excluding hydrogens is 392 g/mol. The van der Waals surface area contributed by atoms with E-state index in [1.807, 2.05) is 18.2 Å². The number of nitrogens with zero attached hydrogens (tertiary/aromatic N) is 2. The van der Waals surface area contributed by atoms with Crippen LogP contribution in [0.25, 0.3) is 0 Å². The maximum atomic E-state index is 12.4. The van der Waals surface area contributed by atoms with Gasteiger partial charge in [-0.3, -0.25) is 14.3 Å². The lowest BCUT2D eigenvalue weighted by atomic mass is 10.2. The van der Waals surface area contributed by atoms with E-state index in [0.29, 0.717) is 37.4 Å². The van der Waals surface area contributed by atoms with Crippen LogP contribution in [0.3, 0.4) is 0 Å². The number of benzene rings is 2. The van der Waals surface area contributed by atoms with Crippen molar-refractivity contribution < 1.29 is 14.3 Å². The fourth-order valence-electron chi connectivity index (χ4n) is 3.05. The number of ether oxygens (including phenoxy) is 1. The molecule has 0 saturated heterocycles. The van der Waals surface area contributed by atoms with Crippen molar-refractivity contribution in [2.45, 2.75) is 32.2 Å². The van der Waals surface area contributed by atoms with E-state index >= 15 is 0 Å². The fourth-order valence-corrected chi connectivity index (χ4v) is 3.05. The van der Waals surface area contributed by atoms with Gasteiger partial charge in [-0.05, 0) is 49.6 Å². The quantitative estimate of drug-likeness (QED) is 0.458. The minimum Gasteiger partial charge on any atom is -0.381 e. The minimum atomic E-state index is -0.435. The fraction of sp³-hybridized carbons (Fsp3) is 0.292. The average molecular weight is 421 g/mol. The molecule has 7 heteroatoms. The van der Waals surface area contributed by atoms with Crippen LogP contribution in [-0.4, -0.2) is 34.8 Å². The summed E-state index contributed by atoms with van der Waals surface area (Å²) in [4.78, 5) is 24.6. The van der Waals surface area contributed by atoms with Crippen LogP contribution in [0.1, 0.15) is 31.4 Å². The standard InChI is InChI=1S/C24H28N4O3/c1-19(28-15-7-14-25-28)24(30)27-22-11-5-10-21(18-22)26-23(29)12-6-16-31-17-13-20-8-3-2-4-9-20/h2-5,7-11,14-15,18-19H,6,12-13,16-17H2,1H3,(H,26,29)(H,27,30)/t19-/m1/s1. The van der Waals surface area contributed by atoms with Crippen molar-refractivity contribution in [1.29, 1.82) is 0 Å². The molecule has 0 spiro atoms. The van der Waals surface area contributed by atoms with Gasteiger partial charge in [0.15, 0.2) is 0 Å². The molecular formula is C24H28N4O3. The molecule has 0 unspecified atom stereocenters. The Morgan fingerprint density at radius 2 is 1.77 bits per heavy atom. The van der Waals surface area contributed by atoms with Crippen LogP contribution in [0.2, 0.25) is 0 Å². The second kappa shape index (κ2) is 11.7. The number of hydrogen-bond donors (Lipinski definition) is 2. The summed E-state index contributed by atoms with van der Waals surface area (Å²) in [6.07, 6.45) is 5.27. The van der Waals surface area contributed by atoms with E-state index < -0.39 is 6.04 Å². The number of rotatable bonds is 11. The monoisotopic (exact) mass is 420 g/mol. The van der Waals surface area contributed by atoms with E-state index in [1.54, 1.807) is 54.3 Å². The smallest absolute Gasteiger partial charge is 0.248 e. The van der Waals surface area contributed by atoms with Gasteiger partial charge < -0.3 is 15.4 Å². The Morgan fingerprint density at radius 1 is 1.00 bits per heavy atom. The van der Waals surface area contributed by atoms with E-state index in [0.717, 1.165) is 6.42 Å². The number of amides is 2. The first-order valence-electron chi connectivity index (χ1n) is 10.4. The van der Waals surface area contributed by atoms with Crippen molar-refractivity contribution in [1.82, 2.24) is 9.78 Å². The van der Waals surface area contributed by atoms with E-state index in [4.69, 9.17) is 4.74 Å². The summed E-state index contributed by atoms with van der Waals surface area (Å²) in [5, 5.41) is 9.80. The van der Waals surface area contributed by atoms with Gasteiger partial charge in [-0.25, -0.2) is 0 Å². The highest BCUT2D eigenvalue weighted by Crippen LogP contribution is 2.17. The zero-order chi connectivity index (χ0) is 21.9. The number of hydrogen-bond acceptors (Lipinski definition) is 4. The highest BCUT2D eigenvalue weighted by molar-refractivity contribution is 5.95. The lowest BCUT2D eigenvalue weighted by molar-refractivity contribution is -0.119. The van der Waals surface area contributed by atoms with Gasteiger partial charge in [-0.2, -0.15) is 5.10 Å². The molecule has 3 rings (SSSR count). The summed E-state index contributed by atoms with van der Waals surface area (Å²) < 4.78 is 7.21. The molecule has 162 valence electrons. The molecule has 0 fully saturated rings. The summed E-state index contributed by atoms with van der Waals surface area (Å²) >= 11 is 0. The zero-order valence-corrected chi connectivity index (χ0v) is 17.7. The first-order valence-corrected chi connectivity index (χ1v) is 10.4. The first kappa shape index (κ1) is 22.2. The molecule has 1 heterocycles. The van der Waals surface area contributed by atoms with E-state index in [2.05, 4.69) is 27.9 Å². The first-order chi connectivity index (χ1) is 15.1. The Hall–Kier alpha value is -3.45. The Labute approximate surface area is 182 Å². The third-order valence-corrected chi connectivity index (χ3v) is 4.79. The molecule has 7 nitrogen and oxygen atoms in total. The topological polar surface area (TPSA) is 85.3 Å². The van der Waals surface area contributed by atoms with Gasteiger partial charge in [-0.1, -0.05) is 36.4 Å². The Bertz CT molecular complexity index is 958. The van der Waals surface area contributed by atoms with Gasteiger partial charge in [0.1, 0.15) is 6.04 Å². The summed E-state index contributed by atoms with van der Waals surface area (Å²) in [7, 11) is 0. The summed E-state index contributed by atoms with van der Waals surface area (Å²) in [5.74, 6) is -0.264. The highest BCUT2D eigenvalue weighted by Gasteiger charge is 2.15. The number of nitrogens with one attached hydrogen (secondary N) is 2. The van der Waals surface area contributed by atoms with Crippen LogP contribution < -0.4 is 10.6 Å².